The number of aromatic nitrogens is 1. The average molecular weight is 402 g/mol. The van der Waals surface area contributed by atoms with Gasteiger partial charge in [-0.15, -0.1) is 0 Å². The highest BCUT2D eigenvalue weighted by molar-refractivity contribution is 6.06. The van der Waals surface area contributed by atoms with Gasteiger partial charge in [-0.05, 0) is 73.9 Å². The van der Waals surface area contributed by atoms with E-state index in [2.05, 4.69) is 12.2 Å². The van der Waals surface area contributed by atoms with Gasteiger partial charge >= 0.3 is 5.97 Å². The number of fused-ring (bicyclic) bond motifs is 2. The Morgan fingerprint density at radius 2 is 1.87 bits per heavy atom. The zero-order chi connectivity index (χ0) is 21.3. The van der Waals surface area contributed by atoms with Crippen LogP contribution in [0.2, 0.25) is 0 Å². The molecule has 4 rings (SSSR count). The molecule has 2 aromatic carbocycles. The predicted octanol–water partition coefficient (Wildman–Crippen LogP) is 4.77. The molecule has 5 nitrogen and oxygen atoms in total. The molecule has 1 aliphatic rings. The summed E-state index contributed by atoms with van der Waals surface area (Å²) in [5, 5.41) is 3.59. The first-order valence-electron chi connectivity index (χ1n) is 10.4. The summed E-state index contributed by atoms with van der Waals surface area (Å²) >= 11 is 0. The number of ether oxygens (including phenoxy) is 1. The molecule has 0 spiro atoms. The zero-order valence-corrected chi connectivity index (χ0v) is 17.6. The molecule has 5 heteroatoms. The van der Waals surface area contributed by atoms with Crippen LogP contribution in [-0.4, -0.2) is 23.5 Å². The summed E-state index contributed by atoms with van der Waals surface area (Å²) in [6, 6.07) is 13.4. The monoisotopic (exact) mass is 402 g/mol. The lowest BCUT2D eigenvalue weighted by Crippen LogP contribution is -2.23. The van der Waals surface area contributed by atoms with Crippen molar-refractivity contribution in [1.82, 2.24) is 4.98 Å². The van der Waals surface area contributed by atoms with E-state index in [1.807, 2.05) is 56.3 Å². The number of aryl methyl sites for hydroxylation is 3. The van der Waals surface area contributed by atoms with Crippen LogP contribution in [0.1, 0.15) is 46.1 Å². The van der Waals surface area contributed by atoms with Gasteiger partial charge in [0.15, 0.2) is 6.61 Å². The van der Waals surface area contributed by atoms with E-state index in [-0.39, 0.29) is 12.5 Å². The molecule has 0 saturated carbocycles. The molecule has 30 heavy (non-hydrogen) atoms. The van der Waals surface area contributed by atoms with E-state index >= 15 is 0 Å². The van der Waals surface area contributed by atoms with Gasteiger partial charge in [0.05, 0.1) is 11.1 Å². The maximum Gasteiger partial charge on any atom is 0.339 e. The van der Waals surface area contributed by atoms with Gasteiger partial charge in [-0.25, -0.2) is 4.79 Å². The van der Waals surface area contributed by atoms with Crippen molar-refractivity contribution in [3.05, 3.63) is 70.4 Å². The van der Waals surface area contributed by atoms with Crippen LogP contribution < -0.4 is 5.32 Å². The van der Waals surface area contributed by atoms with Crippen LogP contribution >= 0.6 is 0 Å². The number of anilines is 1. The lowest BCUT2D eigenvalue weighted by atomic mass is 9.84. The molecule has 3 aromatic rings. The highest BCUT2D eigenvalue weighted by Gasteiger charge is 2.26. The standard InChI is InChI=1S/C25H26N2O3/c1-15-8-9-22-20(13-15)24(19-6-4-5-7-21(19)27-22)25(29)30-14-23(28)26-18-11-16(2)10-17(3)12-18/h4-7,10-12,15H,8-9,13-14H2,1-3H3,(H,26,28). The van der Waals surface area contributed by atoms with Gasteiger partial charge in [-0.1, -0.05) is 31.2 Å². The molecule has 1 unspecified atom stereocenters. The number of carbonyl (C=O) groups is 2. The van der Waals surface area contributed by atoms with E-state index in [1.54, 1.807) is 0 Å². The molecule has 0 radical (unpaired) electrons. The predicted molar refractivity (Wildman–Crippen MR) is 118 cm³/mol. The Kier molecular flexibility index (Phi) is 5.53. The number of carbonyl (C=O) groups excluding carboxylic acids is 2. The third-order valence-corrected chi connectivity index (χ3v) is 5.55. The third kappa shape index (κ3) is 4.20. The second-order valence-electron chi connectivity index (χ2n) is 8.28. The van der Waals surface area contributed by atoms with Crippen molar-refractivity contribution in [3.63, 3.8) is 0 Å². The Labute approximate surface area is 176 Å². The number of rotatable bonds is 4. The average Bonchev–Trinajstić information content (AvgIpc) is 2.69. The molecule has 1 atom stereocenters. The number of nitrogens with one attached hydrogen (secondary N) is 1. The SMILES string of the molecule is Cc1cc(C)cc(NC(=O)COC(=O)c2c3c(nc4ccccc24)CCC(C)C3)c1. The van der Waals surface area contributed by atoms with E-state index in [0.717, 1.165) is 52.5 Å². The fourth-order valence-corrected chi connectivity index (χ4v) is 4.24. The number of hydrogen-bond donors (Lipinski definition) is 1. The number of pyridine rings is 1. The number of benzene rings is 2. The highest BCUT2D eigenvalue weighted by atomic mass is 16.5. The van der Waals surface area contributed by atoms with Crippen LogP contribution in [-0.2, 0) is 22.4 Å². The molecule has 1 aliphatic carbocycles. The zero-order valence-electron chi connectivity index (χ0n) is 17.6. The van der Waals surface area contributed by atoms with Crippen molar-refractivity contribution in [1.29, 1.82) is 0 Å². The highest BCUT2D eigenvalue weighted by Crippen LogP contribution is 2.32. The molecule has 0 aliphatic heterocycles. The minimum Gasteiger partial charge on any atom is -0.452 e. The van der Waals surface area contributed by atoms with Crippen LogP contribution in [0.15, 0.2) is 42.5 Å². The second kappa shape index (κ2) is 8.27. The van der Waals surface area contributed by atoms with Crippen molar-refractivity contribution < 1.29 is 14.3 Å². The Morgan fingerprint density at radius 1 is 1.13 bits per heavy atom. The maximum atomic E-state index is 13.1. The first-order valence-corrected chi connectivity index (χ1v) is 10.4. The molecule has 1 heterocycles. The van der Waals surface area contributed by atoms with Crippen molar-refractivity contribution in [2.24, 2.45) is 5.92 Å². The van der Waals surface area contributed by atoms with E-state index in [0.29, 0.717) is 17.2 Å². The molecule has 1 N–H and O–H groups in total. The number of esters is 1. The summed E-state index contributed by atoms with van der Waals surface area (Å²) in [5.74, 6) is -0.330. The summed E-state index contributed by atoms with van der Waals surface area (Å²) in [4.78, 5) is 30.2. The minimum absolute atomic E-state index is 0.327. The molecule has 0 fully saturated rings. The summed E-state index contributed by atoms with van der Waals surface area (Å²) in [7, 11) is 0. The molecule has 0 saturated heterocycles. The maximum absolute atomic E-state index is 13.1. The lowest BCUT2D eigenvalue weighted by Gasteiger charge is -2.24. The number of hydrogen-bond acceptors (Lipinski definition) is 4. The first-order chi connectivity index (χ1) is 14.4. The third-order valence-electron chi connectivity index (χ3n) is 5.55. The van der Waals surface area contributed by atoms with Gasteiger partial charge in [0, 0.05) is 16.8 Å². The topological polar surface area (TPSA) is 68.3 Å². The van der Waals surface area contributed by atoms with Crippen LogP contribution in [0.5, 0.6) is 0 Å². The van der Waals surface area contributed by atoms with E-state index < -0.39 is 5.97 Å². The van der Waals surface area contributed by atoms with Crippen molar-refractivity contribution >= 4 is 28.5 Å². The smallest absolute Gasteiger partial charge is 0.339 e. The van der Waals surface area contributed by atoms with E-state index in [1.165, 1.54) is 0 Å². The normalized spacial score (nSPS) is 15.5. The Hall–Kier alpha value is -3.21. The second-order valence-corrected chi connectivity index (χ2v) is 8.28. The number of para-hydroxylation sites is 1. The molecular weight excluding hydrogens is 376 g/mol. The van der Waals surface area contributed by atoms with Crippen molar-refractivity contribution in [2.75, 3.05) is 11.9 Å². The van der Waals surface area contributed by atoms with Crippen LogP contribution in [0.4, 0.5) is 5.69 Å². The summed E-state index contributed by atoms with van der Waals surface area (Å²) in [5.41, 5.74) is 6.11. The fourth-order valence-electron chi connectivity index (χ4n) is 4.24. The largest absolute Gasteiger partial charge is 0.452 e. The van der Waals surface area contributed by atoms with Crippen molar-refractivity contribution in [3.8, 4) is 0 Å². The minimum atomic E-state index is -0.463. The van der Waals surface area contributed by atoms with Crippen LogP contribution in [0.25, 0.3) is 10.9 Å². The van der Waals surface area contributed by atoms with Gasteiger partial charge in [0.1, 0.15) is 0 Å². The Balaban J connectivity index is 1.56. The van der Waals surface area contributed by atoms with Crippen LogP contribution in [0.3, 0.4) is 0 Å². The van der Waals surface area contributed by atoms with Gasteiger partial charge in [-0.3, -0.25) is 9.78 Å². The van der Waals surface area contributed by atoms with Crippen molar-refractivity contribution in [2.45, 2.75) is 40.0 Å². The van der Waals surface area contributed by atoms with Gasteiger partial charge in [0.25, 0.3) is 5.91 Å². The Morgan fingerprint density at radius 3 is 2.63 bits per heavy atom. The number of nitrogens with zero attached hydrogens (tertiary/aromatic N) is 1. The quantitative estimate of drug-likeness (QED) is 0.638. The van der Waals surface area contributed by atoms with E-state index in [4.69, 9.17) is 9.72 Å². The van der Waals surface area contributed by atoms with Gasteiger partial charge in [-0.2, -0.15) is 0 Å². The van der Waals surface area contributed by atoms with Crippen LogP contribution in [0, 0.1) is 19.8 Å². The first kappa shape index (κ1) is 20.1. The van der Waals surface area contributed by atoms with E-state index in [9.17, 15) is 9.59 Å². The summed E-state index contributed by atoms with van der Waals surface area (Å²) < 4.78 is 5.45. The molecule has 1 amide bonds. The van der Waals surface area contributed by atoms with Gasteiger partial charge in [0.2, 0.25) is 0 Å². The molecule has 154 valence electrons. The molecule has 0 bridgehead atoms. The lowest BCUT2D eigenvalue weighted by molar-refractivity contribution is -0.119. The summed E-state index contributed by atoms with van der Waals surface area (Å²) in [6.45, 7) is 5.81. The number of amides is 1. The molecular formula is C25H26N2O3. The van der Waals surface area contributed by atoms with Gasteiger partial charge < -0.3 is 10.1 Å². The fraction of sp³-hybridized carbons (Fsp3) is 0.320. The Bertz CT molecular complexity index is 1120. The molecule has 1 aromatic heterocycles. The summed E-state index contributed by atoms with van der Waals surface area (Å²) in [6.07, 6.45) is 2.71.